The molecule has 0 aromatic heterocycles. The fourth-order valence-electron chi connectivity index (χ4n) is 4.16. The predicted molar refractivity (Wildman–Crippen MR) is 105 cm³/mol. The molecule has 0 radical (unpaired) electrons. The molecular formula is C23H17FN2O3. The fraction of sp³-hybridized carbons (Fsp3) is 0.174. The second-order valence-corrected chi connectivity index (χ2v) is 7.28. The van der Waals surface area contributed by atoms with Crippen molar-refractivity contribution in [3.05, 3.63) is 89.2 Å². The zero-order valence-corrected chi connectivity index (χ0v) is 15.4. The predicted octanol–water partition coefficient (Wildman–Crippen LogP) is 4.80. The van der Waals surface area contributed by atoms with Crippen molar-refractivity contribution in [2.24, 2.45) is 5.10 Å². The largest absolute Gasteiger partial charge is 0.464 e. The number of halogens is 1. The molecule has 3 aliphatic heterocycles. The number of nitrogens with zero attached hydrogens (tertiary/aromatic N) is 2. The second kappa shape index (κ2) is 6.24. The lowest BCUT2D eigenvalue weighted by atomic mass is 9.96. The number of ether oxygens (including phenoxy) is 3. The third-order valence-electron chi connectivity index (χ3n) is 5.54. The molecule has 0 amide bonds. The van der Waals surface area contributed by atoms with Gasteiger partial charge in [-0.05, 0) is 36.4 Å². The molecule has 0 bridgehead atoms. The summed E-state index contributed by atoms with van der Waals surface area (Å²) in [4.78, 5) is 0. The molecule has 0 N–H and O–H groups in total. The average molecular weight is 388 g/mol. The lowest BCUT2D eigenvalue weighted by Crippen LogP contribution is -2.33. The van der Waals surface area contributed by atoms with Crippen molar-refractivity contribution in [1.82, 2.24) is 5.01 Å². The van der Waals surface area contributed by atoms with Crippen molar-refractivity contribution >= 4 is 5.71 Å². The molecule has 3 aliphatic rings. The molecule has 2 atom stereocenters. The molecule has 6 rings (SSSR count). The van der Waals surface area contributed by atoms with Crippen LogP contribution in [0.15, 0.2) is 71.8 Å². The maximum Gasteiger partial charge on any atom is 0.231 e. The van der Waals surface area contributed by atoms with Gasteiger partial charge in [-0.1, -0.05) is 30.3 Å². The van der Waals surface area contributed by atoms with Crippen LogP contribution in [0.1, 0.15) is 35.4 Å². The molecule has 5 nitrogen and oxygen atoms in total. The molecule has 3 heterocycles. The van der Waals surface area contributed by atoms with E-state index in [9.17, 15) is 4.39 Å². The van der Waals surface area contributed by atoms with Gasteiger partial charge in [0.25, 0.3) is 0 Å². The van der Waals surface area contributed by atoms with Crippen LogP contribution in [-0.4, -0.2) is 17.5 Å². The molecule has 0 saturated heterocycles. The summed E-state index contributed by atoms with van der Waals surface area (Å²) in [7, 11) is 0. The van der Waals surface area contributed by atoms with E-state index in [1.165, 1.54) is 12.1 Å². The average Bonchev–Trinajstić information content (AvgIpc) is 3.40. The Labute approximate surface area is 166 Å². The van der Waals surface area contributed by atoms with E-state index < -0.39 is 6.23 Å². The van der Waals surface area contributed by atoms with Crippen molar-refractivity contribution in [3.63, 3.8) is 0 Å². The minimum absolute atomic E-state index is 0.0219. The molecular weight excluding hydrogens is 371 g/mol. The summed E-state index contributed by atoms with van der Waals surface area (Å²) < 4.78 is 31.1. The molecule has 29 heavy (non-hydrogen) atoms. The van der Waals surface area contributed by atoms with Crippen molar-refractivity contribution in [2.75, 3.05) is 6.79 Å². The Balaban J connectivity index is 1.44. The monoisotopic (exact) mass is 388 g/mol. The molecule has 0 fully saturated rings. The summed E-state index contributed by atoms with van der Waals surface area (Å²) in [5, 5.41) is 6.84. The van der Waals surface area contributed by atoms with Gasteiger partial charge in [0.05, 0.1) is 11.8 Å². The number of hydrogen-bond donors (Lipinski definition) is 0. The number of hydrazone groups is 1. The Bertz CT molecular complexity index is 1150. The van der Waals surface area contributed by atoms with Crippen molar-refractivity contribution in [1.29, 1.82) is 0 Å². The third-order valence-corrected chi connectivity index (χ3v) is 5.54. The summed E-state index contributed by atoms with van der Waals surface area (Å²) in [5.41, 5.74) is 3.74. The standard InChI is InChI=1S/C23H17FN2O3/c24-16-5-3-4-15(10-16)23-26-19(17-6-1-2-7-20(17)29-23)12-18(25-26)14-8-9-21-22(11-14)28-13-27-21/h1-11,19,23H,12-13H2/t19-,23+/m1/s1. The van der Waals surface area contributed by atoms with Gasteiger partial charge >= 0.3 is 0 Å². The van der Waals surface area contributed by atoms with Gasteiger partial charge in [-0.25, -0.2) is 9.40 Å². The minimum atomic E-state index is -0.489. The molecule has 0 saturated carbocycles. The summed E-state index contributed by atoms with van der Waals surface area (Å²) in [6, 6.07) is 20.4. The van der Waals surface area contributed by atoms with E-state index in [0.717, 1.165) is 46.1 Å². The number of para-hydroxylation sites is 1. The van der Waals surface area contributed by atoms with E-state index in [1.807, 2.05) is 47.5 Å². The zero-order chi connectivity index (χ0) is 19.4. The first kappa shape index (κ1) is 16.4. The van der Waals surface area contributed by atoms with Crippen LogP contribution in [0.3, 0.4) is 0 Å². The fourth-order valence-corrected chi connectivity index (χ4v) is 4.16. The van der Waals surface area contributed by atoms with Gasteiger partial charge in [-0.15, -0.1) is 0 Å². The first-order valence-corrected chi connectivity index (χ1v) is 9.53. The molecule has 3 aromatic rings. The van der Waals surface area contributed by atoms with Gasteiger partial charge in [-0.3, -0.25) is 0 Å². The minimum Gasteiger partial charge on any atom is -0.464 e. The van der Waals surface area contributed by atoms with Crippen molar-refractivity contribution in [3.8, 4) is 17.2 Å². The first-order chi connectivity index (χ1) is 14.3. The SMILES string of the molecule is Fc1cccc([C@@H]2Oc3ccccc3[C@H]3CC(c4ccc5c(c4)OCO5)=NN32)c1. The van der Waals surface area contributed by atoms with E-state index in [0.29, 0.717) is 0 Å². The van der Waals surface area contributed by atoms with Crippen molar-refractivity contribution < 1.29 is 18.6 Å². The number of rotatable bonds is 2. The Kier molecular flexibility index (Phi) is 3.53. The van der Waals surface area contributed by atoms with Gasteiger partial charge in [0, 0.05) is 23.1 Å². The molecule has 6 heteroatoms. The maximum absolute atomic E-state index is 13.9. The van der Waals surface area contributed by atoms with Crippen molar-refractivity contribution in [2.45, 2.75) is 18.7 Å². The highest BCUT2D eigenvalue weighted by atomic mass is 19.1. The van der Waals surface area contributed by atoms with E-state index in [-0.39, 0.29) is 18.7 Å². The van der Waals surface area contributed by atoms with Gasteiger partial charge in [-0.2, -0.15) is 5.10 Å². The molecule has 0 aliphatic carbocycles. The summed E-state index contributed by atoms with van der Waals surface area (Å²) in [6.07, 6.45) is 0.239. The number of fused-ring (bicyclic) bond motifs is 4. The van der Waals surface area contributed by atoms with Crippen LogP contribution < -0.4 is 14.2 Å². The van der Waals surface area contributed by atoms with Crippen LogP contribution in [0.2, 0.25) is 0 Å². The van der Waals surface area contributed by atoms with Crippen LogP contribution in [0.4, 0.5) is 4.39 Å². The van der Waals surface area contributed by atoms with Crippen LogP contribution >= 0.6 is 0 Å². The highest BCUT2D eigenvalue weighted by Crippen LogP contribution is 2.47. The zero-order valence-electron chi connectivity index (χ0n) is 15.4. The normalized spacial score (nSPS) is 21.3. The second-order valence-electron chi connectivity index (χ2n) is 7.28. The van der Waals surface area contributed by atoms with E-state index >= 15 is 0 Å². The Morgan fingerprint density at radius 3 is 2.72 bits per heavy atom. The molecule has 0 unspecified atom stereocenters. The smallest absolute Gasteiger partial charge is 0.231 e. The Morgan fingerprint density at radius 1 is 0.897 bits per heavy atom. The first-order valence-electron chi connectivity index (χ1n) is 9.53. The van der Waals surface area contributed by atoms with E-state index in [1.54, 1.807) is 6.07 Å². The highest BCUT2D eigenvalue weighted by molar-refractivity contribution is 6.02. The van der Waals surface area contributed by atoms with Crippen LogP contribution in [0.25, 0.3) is 0 Å². The molecule has 144 valence electrons. The highest BCUT2D eigenvalue weighted by Gasteiger charge is 2.41. The van der Waals surface area contributed by atoms with Gasteiger partial charge < -0.3 is 14.2 Å². The van der Waals surface area contributed by atoms with Crippen LogP contribution in [0, 0.1) is 5.82 Å². The Hall–Kier alpha value is -3.54. The summed E-state index contributed by atoms with van der Waals surface area (Å²) in [5.74, 6) is 2.00. The van der Waals surface area contributed by atoms with E-state index in [4.69, 9.17) is 19.3 Å². The lowest BCUT2D eigenvalue weighted by Gasteiger charge is -2.38. The van der Waals surface area contributed by atoms with E-state index in [2.05, 4.69) is 6.07 Å². The van der Waals surface area contributed by atoms with Crippen LogP contribution in [0.5, 0.6) is 17.2 Å². The molecule has 3 aromatic carbocycles. The third kappa shape index (κ3) is 2.63. The van der Waals surface area contributed by atoms with Crippen LogP contribution in [-0.2, 0) is 0 Å². The Morgan fingerprint density at radius 2 is 1.79 bits per heavy atom. The summed E-state index contributed by atoms with van der Waals surface area (Å²) >= 11 is 0. The van der Waals surface area contributed by atoms with Gasteiger partial charge in [0.15, 0.2) is 11.5 Å². The quantitative estimate of drug-likeness (QED) is 0.633. The van der Waals surface area contributed by atoms with Gasteiger partial charge in [0.2, 0.25) is 13.0 Å². The van der Waals surface area contributed by atoms with Gasteiger partial charge in [0.1, 0.15) is 11.6 Å². The molecule has 0 spiro atoms. The lowest BCUT2D eigenvalue weighted by molar-refractivity contribution is -0.0192. The summed E-state index contributed by atoms with van der Waals surface area (Å²) in [6.45, 7) is 0.239. The topological polar surface area (TPSA) is 43.3 Å². The maximum atomic E-state index is 13.9. The number of hydrogen-bond acceptors (Lipinski definition) is 5. The number of benzene rings is 3.